The van der Waals surface area contributed by atoms with Gasteiger partial charge in [-0.1, -0.05) is 30.3 Å². The van der Waals surface area contributed by atoms with Crippen LogP contribution in [-0.4, -0.2) is 24.6 Å². The quantitative estimate of drug-likeness (QED) is 0.823. The van der Waals surface area contributed by atoms with Crippen molar-refractivity contribution in [1.29, 1.82) is 0 Å². The van der Waals surface area contributed by atoms with Gasteiger partial charge in [-0.15, -0.1) is 0 Å². The summed E-state index contributed by atoms with van der Waals surface area (Å²) < 4.78 is 17.7. The summed E-state index contributed by atoms with van der Waals surface area (Å²) in [6, 6.07) is 10.3. The maximum atomic E-state index is 6.02. The van der Waals surface area contributed by atoms with Gasteiger partial charge in [0, 0.05) is 6.42 Å². The second-order valence-corrected chi connectivity index (χ2v) is 5.30. The third-order valence-corrected chi connectivity index (χ3v) is 3.81. The summed E-state index contributed by atoms with van der Waals surface area (Å²) in [4.78, 5) is 0. The van der Waals surface area contributed by atoms with Gasteiger partial charge in [0.25, 0.3) is 0 Å². The number of benzene rings is 1. The first-order valence-corrected chi connectivity index (χ1v) is 6.72. The monoisotopic (exact) mass is 248 g/mol. The molecule has 2 bridgehead atoms. The zero-order valence-electron chi connectivity index (χ0n) is 10.8. The van der Waals surface area contributed by atoms with Gasteiger partial charge in [-0.25, -0.2) is 0 Å². The van der Waals surface area contributed by atoms with Crippen LogP contribution >= 0.6 is 0 Å². The molecule has 98 valence electrons. The molecule has 1 aromatic carbocycles. The van der Waals surface area contributed by atoms with Crippen LogP contribution in [0.2, 0.25) is 0 Å². The molecule has 0 saturated carbocycles. The van der Waals surface area contributed by atoms with E-state index < -0.39 is 0 Å². The first-order chi connectivity index (χ1) is 8.75. The van der Waals surface area contributed by atoms with E-state index in [1.54, 1.807) is 0 Å². The third kappa shape index (κ3) is 2.58. The van der Waals surface area contributed by atoms with E-state index in [1.807, 2.05) is 25.1 Å². The summed E-state index contributed by atoms with van der Waals surface area (Å²) in [6.07, 6.45) is 3.29. The fourth-order valence-electron chi connectivity index (χ4n) is 2.76. The number of ether oxygens (including phenoxy) is 3. The topological polar surface area (TPSA) is 27.7 Å². The zero-order chi connectivity index (χ0) is 12.4. The summed E-state index contributed by atoms with van der Waals surface area (Å²) in [6.45, 7) is 3.49. The Morgan fingerprint density at radius 1 is 1.28 bits per heavy atom. The third-order valence-electron chi connectivity index (χ3n) is 3.81. The molecule has 0 unspecified atom stereocenters. The molecule has 0 aromatic heterocycles. The van der Waals surface area contributed by atoms with Crippen molar-refractivity contribution in [3.05, 3.63) is 35.9 Å². The maximum Gasteiger partial charge on any atom is 0.166 e. The fraction of sp³-hybridized carbons (Fsp3) is 0.600. The van der Waals surface area contributed by atoms with E-state index in [1.165, 1.54) is 5.56 Å². The predicted octanol–water partition coefficient (Wildman–Crippen LogP) is 2.89. The standard InChI is InChI=1S/C15H20O3/c1-15-9-7-13(14(18-15)8-10-17-15)16-11-12-5-3-2-4-6-12/h2-6,13-14H,7-11H2,1H3/t13-,14+,15+/m0/s1. The molecule has 3 heteroatoms. The summed E-state index contributed by atoms with van der Waals surface area (Å²) in [5, 5.41) is 0. The van der Waals surface area contributed by atoms with Crippen molar-refractivity contribution in [2.75, 3.05) is 6.61 Å². The predicted molar refractivity (Wildman–Crippen MR) is 68.1 cm³/mol. The van der Waals surface area contributed by atoms with Crippen LogP contribution in [0.3, 0.4) is 0 Å². The van der Waals surface area contributed by atoms with Crippen LogP contribution in [0.1, 0.15) is 31.7 Å². The van der Waals surface area contributed by atoms with Gasteiger partial charge in [-0.05, 0) is 25.3 Å². The summed E-state index contributed by atoms with van der Waals surface area (Å²) in [5.74, 6) is -0.366. The average molecular weight is 248 g/mol. The van der Waals surface area contributed by atoms with E-state index in [-0.39, 0.29) is 18.0 Å². The van der Waals surface area contributed by atoms with E-state index >= 15 is 0 Å². The first kappa shape index (κ1) is 12.2. The smallest absolute Gasteiger partial charge is 0.166 e. The van der Waals surface area contributed by atoms with Crippen molar-refractivity contribution in [3.8, 4) is 0 Å². The summed E-state index contributed by atoms with van der Waals surface area (Å²) in [7, 11) is 0. The minimum absolute atomic E-state index is 0.196. The lowest BCUT2D eigenvalue weighted by Crippen LogP contribution is -2.52. The Kier molecular flexibility index (Phi) is 3.37. The SMILES string of the molecule is C[C@@]12CC[C@H](OCc3ccccc3)[C@@H](CCO1)O2. The molecule has 1 aromatic rings. The molecule has 2 fully saturated rings. The first-order valence-electron chi connectivity index (χ1n) is 6.72. The Morgan fingerprint density at radius 3 is 2.94 bits per heavy atom. The highest BCUT2D eigenvalue weighted by Gasteiger charge is 2.42. The highest BCUT2D eigenvalue weighted by Crippen LogP contribution is 2.36. The van der Waals surface area contributed by atoms with Crippen molar-refractivity contribution in [3.63, 3.8) is 0 Å². The van der Waals surface area contributed by atoms with E-state index in [4.69, 9.17) is 14.2 Å². The lowest BCUT2D eigenvalue weighted by molar-refractivity contribution is -0.327. The molecule has 2 aliphatic heterocycles. The molecule has 3 nitrogen and oxygen atoms in total. The number of rotatable bonds is 3. The largest absolute Gasteiger partial charge is 0.371 e. The molecule has 18 heavy (non-hydrogen) atoms. The van der Waals surface area contributed by atoms with Crippen molar-refractivity contribution in [2.45, 2.75) is 50.8 Å². The van der Waals surface area contributed by atoms with Crippen LogP contribution in [0.25, 0.3) is 0 Å². The molecule has 3 rings (SSSR count). The molecule has 2 aliphatic rings. The minimum Gasteiger partial charge on any atom is -0.371 e. The van der Waals surface area contributed by atoms with Gasteiger partial charge >= 0.3 is 0 Å². The second kappa shape index (κ2) is 5.00. The molecule has 0 aliphatic carbocycles. The van der Waals surface area contributed by atoms with Crippen molar-refractivity contribution in [2.24, 2.45) is 0 Å². The van der Waals surface area contributed by atoms with Crippen LogP contribution < -0.4 is 0 Å². The van der Waals surface area contributed by atoms with Gasteiger partial charge in [-0.3, -0.25) is 0 Å². The molecule has 0 spiro atoms. The lowest BCUT2D eigenvalue weighted by Gasteiger charge is -2.46. The normalized spacial score (nSPS) is 35.4. The number of fused-ring (bicyclic) bond motifs is 2. The Labute approximate surface area is 108 Å². The molecule has 0 amide bonds. The highest BCUT2D eigenvalue weighted by atomic mass is 16.7. The average Bonchev–Trinajstić information content (AvgIpc) is 2.39. The molecule has 0 N–H and O–H groups in total. The fourth-order valence-corrected chi connectivity index (χ4v) is 2.76. The Hall–Kier alpha value is -0.900. The van der Waals surface area contributed by atoms with Crippen LogP contribution in [0.4, 0.5) is 0 Å². The Bertz CT molecular complexity index is 392. The Morgan fingerprint density at radius 2 is 2.11 bits per heavy atom. The maximum absolute atomic E-state index is 6.02. The van der Waals surface area contributed by atoms with Crippen LogP contribution in [0, 0.1) is 0 Å². The summed E-state index contributed by atoms with van der Waals surface area (Å²) >= 11 is 0. The van der Waals surface area contributed by atoms with Gasteiger partial charge in [-0.2, -0.15) is 0 Å². The van der Waals surface area contributed by atoms with E-state index in [0.717, 1.165) is 25.9 Å². The van der Waals surface area contributed by atoms with Gasteiger partial charge in [0.05, 0.1) is 25.4 Å². The zero-order valence-corrected chi connectivity index (χ0v) is 10.8. The van der Waals surface area contributed by atoms with Crippen molar-refractivity contribution in [1.82, 2.24) is 0 Å². The second-order valence-electron chi connectivity index (χ2n) is 5.30. The molecule has 3 atom stereocenters. The van der Waals surface area contributed by atoms with E-state index in [0.29, 0.717) is 6.61 Å². The van der Waals surface area contributed by atoms with Crippen LogP contribution in [-0.2, 0) is 20.8 Å². The lowest BCUT2D eigenvalue weighted by atomic mass is 9.95. The van der Waals surface area contributed by atoms with Gasteiger partial charge in [0.1, 0.15) is 0 Å². The molecule has 2 heterocycles. The van der Waals surface area contributed by atoms with Crippen molar-refractivity contribution < 1.29 is 14.2 Å². The number of hydrogen-bond acceptors (Lipinski definition) is 3. The van der Waals surface area contributed by atoms with Gasteiger partial charge in [0.2, 0.25) is 0 Å². The molecule has 0 radical (unpaired) electrons. The minimum atomic E-state index is -0.366. The van der Waals surface area contributed by atoms with Gasteiger partial charge < -0.3 is 14.2 Å². The molecular formula is C15H20O3. The van der Waals surface area contributed by atoms with Gasteiger partial charge in [0.15, 0.2) is 5.79 Å². The summed E-state index contributed by atoms with van der Waals surface area (Å²) in [5.41, 5.74) is 1.22. The molecular weight excluding hydrogens is 228 g/mol. The van der Waals surface area contributed by atoms with Crippen LogP contribution in [0.5, 0.6) is 0 Å². The van der Waals surface area contributed by atoms with Crippen LogP contribution in [0.15, 0.2) is 30.3 Å². The molecule has 2 saturated heterocycles. The van der Waals surface area contributed by atoms with E-state index in [9.17, 15) is 0 Å². The van der Waals surface area contributed by atoms with E-state index in [2.05, 4.69) is 12.1 Å². The highest BCUT2D eigenvalue weighted by molar-refractivity contribution is 5.13. The Balaban J connectivity index is 1.57. The van der Waals surface area contributed by atoms with Crippen molar-refractivity contribution >= 4 is 0 Å². The number of hydrogen-bond donors (Lipinski definition) is 0.